The molecule has 88 valence electrons. The van der Waals surface area contributed by atoms with Gasteiger partial charge in [0.15, 0.2) is 12.0 Å². The van der Waals surface area contributed by atoms with Crippen LogP contribution in [0.1, 0.15) is 18.4 Å². The number of hydrogen-bond acceptors (Lipinski definition) is 4. The number of nitro groups is 1. The molecular weight excluding hydrogens is 227 g/mol. The molecule has 0 fully saturated rings. The Morgan fingerprint density at radius 3 is 2.94 bits per heavy atom. The molecule has 0 aliphatic heterocycles. The van der Waals surface area contributed by atoms with Gasteiger partial charge in [0.1, 0.15) is 6.20 Å². The first kappa shape index (κ1) is 11.4. The van der Waals surface area contributed by atoms with Gasteiger partial charge in [0, 0.05) is 6.20 Å². The maximum absolute atomic E-state index is 13.0. The van der Waals surface area contributed by atoms with Gasteiger partial charge in [-0.2, -0.15) is 0 Å². The normalized spacial score (nSPS) is 19.9. The maximum atomic E-state index is 13.0. The summed E-state index contributed by atoms with van der Waals surface area (Å²) in [5.74, 6) is -0.627. The van der Waals surface area contributed by atoms with E-state index in [0.29, 0.717) is 17.6 Å². The van der Waals surface area contributed by atoms with Gasteiger partial charge in [-0.05, 0) is 30.6 Å². The third-order valence-corrected chi connectivity index (χ3v) is 2.64. The minimum Gasteiger partial charge on any atom is -0.292 e. The number of carbonyl (C=O) groups is 1. The molecule has 5 nitrogen and oxygen atoms in total. The molecule has 1 aliphatic carbocycles. The number of alkyl halides is 1. The van der Waals surface area contributed by atoms with Crippen molar-refractivity contribution in [2.45, 2.75) is 19.0 Å². The average molecular weight is 236 g/mol. The summed E-state index contributed by atoms with van der Waals surface area (Å²) in [5, 5.41) is 10.8. The Balaban J connectivity index is 2.45. The molecule has 0 saturated heterocycles. The number of carbonyl (C=O) groups excluding carboxylic acids is 1. The van der Waals surface area contributed by atoms with Crippen molar-refractivity contribution in [2.75, 3.05) is 0 Å². The van der Waals surface area contributed by atoms with E-state index >= 15 is 0 Å². The van der Waals surface area contributed by atoms with Gasteiger partial charge >= 0.3 is 0 Å². The van der Waals surface area contributed by atoms with E-state index in [-0.39, 0.29) is 12.1 Å². The highest BCUT2D eigenvalue weighted by molar-refractivity contribution is 6.02. The highest BCUT2D eigenvalue weighted by Gasteiger charge is 2.25. The van der Waals surface area contributed by atoms with E-state index in [1.807, 2.05) is 0 Å². The zero-order valence-corrected chi connectivity index (χ0v) is 8.80. The summed E-state index contributed by atoms with van der Waals surface area (Å²) in [6.07, 6.45) is 2.59. The van der Waals surface area contributed by atoms with Gasteiger partial charge in [0.2, 0.25) is 0 Å². The van der Waals surface area contributed by atoms with Crippen molar-refractivity contribution in [1.29, 1.82) is 0 Å². The molecule has 2 rings (SSSR count). The molecule has 1 unspecified atom stereocenters. The second kappa shape index (κ2) is 4.40. The van der Waals surface area contributed by atoms with Crippen LogP contribution in [0.3, 0.4) is 0 Å². The van der Waals surface area contributed by atoms with Crippen LogP contribution in [0.15, 0.2) is 24.5 Å². The van der Waals surface area contributed by atoms with Crippen LogP contribution in [-0.4, -0.2) is 21.9 Å². The molecular formula is C11H9FN2O3. The Kier molecular flexibility index (Phi) is 2.95. The van der Waals surface area contributed by atoms with E-state index < -0.39 is 16.9 Å². The van der Waals surface area contributed by atoms with Crippen LogP contribution in [0, 0.1) is 10.1 Å². The Bertz CT molecular complexity index is 513. The van der Waals surface area contributed by atoms with Crippen LogP contribution in [-0.2, 0) is 4.79 Å². The summed E-state index contributed by atoms with van der Waals surface area (Å²) in [5.41, 5.74) is 0.673. The SMILES string of the molecule is O=C1C=C(c2ccncc2[N+](=O)[O-])CCC1F. The predicted molar refractivity (Wildman–Crippen MR) is 58.0 cm³/mol. The van der Waals surface area contributed by atoms with Gasteiger partial charge in [-0.25, -0.2) is 4.39 Å². The highest BCUT2D eigenvalue weighted by atomic mass is 19.1. The van der Waals surface area contributed by atoms with Crippen molar-refractivity contribution in [3.05, 3.63) is 40.2 Å². The van der Waals surface area contributed by atoms with E-state index in [2.05, 4.69) is 4.98 Å². The molecule has 0 aromatic carbocycles. The van der Waals surface area contributed by atoms with Crippen LogP contribution in [0.25, 0.3) is 5.57 Å². The largest absolute Gasteiger partial charge is 0.294 e. The molecule has 0 saturated carbocycles. The molecule has 0 radical (unpaired) electrons. The summed E-state index contributed by atoms with van der Waals surface area (Å²) >= 11 is 0. The van der Waals surface area contributed by atoms with Gasteiger partial charge in [-0.15, -0.1) is 0 Å². The van der Waals surface area contributed by atoms with E-state index in [9.17, 15) is 19.3 Å². The molecule has 6 heteroatoms. The number of aromatic nitrogens is 1. The lowest BCUT2D eigenvalue weighted by molar-refractivity contribution is -0.385. The first-order valence-electron chi connectivity index (χ1n) is 5.07. The van der Waals surface area contributed by atoms with E-state index in [0.717, 1.165) is 12.3 Å². The topological polar surface area (TPSA) is 73.1 Å². The molecule has 0 N–H and O–H groups in total. The Hall–Kier alpha value is -2.11. The monoisotopic (exact) mass is 236 g/mol. The first-order chi connectivity index (χ1) is 8.09. The molecule has 1 atom stereocenters. The number of halogens is 1. The fraction of sp³-hybridized carbons (Fsp3) is 0.273. The van der Waals surface area contributed by atoms with Crippen molar-refractivity contribution in [3.8, 4) is 0 Å². The lowest BCUT2D eigenvalue weighted by Gasteiger charge is -2.14. The highest BCUT2D eigenvalue weighted by Crippen LogP contribution is 2.31. The van der Waals surface area contributed by atoms with Crippen molar-refractivity contribution in [3.63, 3.8) is 0 Å². The number of allylic oxidation sites excluding steroid dienone is 2. The first-order valence-corrected chi connectivity index (χ1v) is 5.07. The molecule has 0 spiro atoms. The number of ketones is 1. The second-order valence-corrected chi connectivity index (χ2v) is 3.73. The molecule has 0 amide bonds. The maximum Gasteiger partial charge on any atom is 0.294 e. The number of pyridine rings is 1. The van der Waals surface area contributed by atoms with Crippen LogP contribution in [0.2, 0.25) is 0 Å². The fourth-order valence-electron chi connectivity index (χ4n) is 1.77. The van der Waals surface area contributed by atoms with Crippen molar-refractivity contribution >= 4 is 17.0 Å². The zero-order chi connectivity index (χ0) is 12.4. The minimum atomic E-state index is -1.49. The minimum absolute atomic E-state index is 0.0736. The van der Waals surface area contributed by atoms with Crippen molar-refractivity contribution in [1.82, 2.24) is 4.98 Å². The van der Waals surface area contributed by atoms with Gasteiger partial charge in [0.25, 0.3) is 5.69 Å². The lowest BCUT2D eigenvalue weighted by Crippen LogP contribution is -2.18. The third-order valence-electron chi connectivity index (χ3n) is 2.64. The van der Waals surface area contributed by atoms with Gasteiger partial charge < -0.3 is 0 Å². The third kappa shape index (κ3) is 2.20. The Morgan fingerprint density at radius 1 is 1.53 bits per heavy atom. The lowest BCUT2D eigenvalue weighted by atomic mass is 9.92. The molecule has 1 heterocycles. The summed E-state index contributed by atoms with van der Waals surface area (Å²) in [6.45, 7) is 0. The summed E-state index contributed by atoms with van der Waals surface area (Å²) in [7, 11) is 0. The van der Waals surface area contributed by atoms with E-state index in [1.165, 1.54) is 12.3 Å². The Morgan fingerprint density at radius 2 is 2.29 bits per heavy atom. The smallest absolute Gasteiger partial charge is 0.292 e. The van der Waals surface area contributed by atoms with Crippen molar-refractivity contribution in [2.24, 2.45) is 0 Å². The quantitative estimate of drug-likeness (QED) is 0.582. The van der Waals surface area contributed by atoms with Crippen LogP contribution in [0.4, 0.5) is 10.1 Å². The van der Waals surface area contributed by atoms with Crippen molar-refractivity contribution < 1.29 is 14.1 Å². The fourth-order valence-corrected chi connectivity index (χ4v) is 1.77. The zero-order valence-electron chi connectivity index (χ0n) is 8.80. The van der Waals surface area contributed by atoms with Gasteiger partial charge in [-0.1, -0.05) is 0 Å². The summed E-state index contributed by atoms with van der Waals surface area (Å²) < 4.78 is 13.0. The standard InChI is InChI=1S/C11H9FN2O3/c12-9-2-1-7(5-11(9)15)8-3-4-13-6-10(8)14(16)17/h3-6,9H,1-2H2. The molecule has 0 bridgehead atoms. The summed E-state index contributed by atoms with van der Waals surface area (Å²) in [4.78, 5) is 25.1. The predicted octanol–water partition coefficient (Wildman–Crippen LogP) is 2.07. The van der Waals surface area contributed by atoms with Crippen LogP contribution >= 0.6 is 0 Å². The molecule has 1 aromatic heterocycles. The number of nitrogens with zero attached hydrogens (tertiary/aromatic N) is 2. The van der Waals surface area contributed by atoms with E-state index in [4.69, 9.17) is 0 Å². The Labute approximate surface area is 96.1 Å². The number of hydrogen-bond donors (Lipinski definition) is 0. The van der Waals surface area contributed by atoms with Gasteiger partial charge in [-0.3, -0.25) is 19.9 Å². The average Bonchev–Trinajstić information content (AvgIpc) is 2.32. The summed E-state index contributed by atoms with van der Waals surface area (Å²) in [6, 6.07) is 1.47. The van der Waals surface area contributed by atoms with Gasteiger partial charge in [0.05, 0.1) is 10.5 Å². The van der Waals surface area contributed by atoms with E-state index in [1.54, 1.807) is 0 Å². The molecule has 17 heavy (non-hydrogen) atoms. The second-order valence-electron chi connectivity index (χ2n) is 3.73. The number of rotatable bonds is 2. The molecule has 1 aromatic rings. The van der Waals surface area contributed by atoms with Crippen LogP contribution in [0.5, 0.6) is 0 Å². The van der Waals surface area contributed by atoms with Crippen LogP contribution < -0.4 is 0 Å². The molecule has 1 aliphatic rings.